The molecule has 84 valence electrons. The topological polar surface area (TPSA) is 54.6 Å². The van der Waals surface area contributed by atoms with Gasteiger partial charge in [-0.2, -0.15) is 0 Å². The molecule has 4 nitrogen and oxygen atoms in total. The second-order valence-corrected chi connectivity index (χ2v) is 5.33. The molecular formula is C11H12N2O2S. The van der Waals surface area contributed by atoms with E-state index in [9.17, 15) is 4.79 Å². The van der Waals surface area contributed by atoms with Crippen LogP contribution in [-0.4, -0.2) is 20.5 Å². The maximum Gasteiger partial charge on any atom is 0.304 e. The molecule has 3 rings (SSSR count). The van der Waals surface area contributed by atoms with E-state index in [0.717, 1.165) is 29.2 Å². The molecule has 0 aromatic carbocycles. The molecule has 1 aliphatic rings. The van der Waals surface area contributed by atoms with Crippen molar-refractivity contribution in [2.75, 3.05) is 0 Å². The first kappa shape index (κ1) is 9.84. The molecule has 16 heavy (non-hydrogen) atoms. The first-order valence-electron chi connectivity index (χ1n) is 5.27. The lowest BCUT2D eigenvalue weighted by atomic mass is 9.96. The third-order valence-electron chi connectivity index (χ3n) is 3.28. The molecule has 2 heterocycles. The Morgan fingerprint density at radius 2 is 2.44 bits per heavy atom. The van der Waals surface area contributed by atoms with E-state index in [1.165, 1.54) is 0 Å². The third kappa shape index (κ3) is 1.28. The lowest BCUT2D eigenvalue weighted by Gasteiger charge is -2.12. The Kier molecular flexibility index (Phi) is 1.89. The molecule has 2 aromatic heterocycles. The highest BCUT2D eigenvalue weighted by atomic mass is 32.1. The van der Waals surface area contributed by atoms with Crippen LogP contribution in [0.4, 0.5) is 0 Å². The molecule has 1 N–H and O–H groups in total. The van der Waals surface area contributed by atoms with Gasteiger partial charge < -0.3 is 5.11 Å². The van der Waals surface area contributed by atoms with E-state index in [0.29, 0.717) is 0 Å². The number of imidazole rings is 1. The van der Waals surface area contributed by atoms with E-state index in [4.69, 9.17) is 5.11 Å². The summed E-state index contributed by atoms with van der Waals surface area (Å²) in [5.74, 6) is -0.720. The lowest BCUT2D eigenvalue weighted by Crippen LogP contribution is -2.16. The van der Waals surface area contributed by atoms with Crippen LogP contribution in [0.15, 0.2) is 11.6 Å². The van der Waals surface area contributed by atoms with Crippen molar-refractivity contribution >= 4 is 22.3 Å². The predicted molar refractivity (Wildman–Crippen MR) is 61.0 cm³/mol. The van der Waals surface area contributed by atoms with Crippen LogP contribution >= 0.6 is 11.3 Å². The zero-order chi connectivity index (χ0) is 11.3. The van der Waals surface area contributed by atoms with E-state index in [1.807, 2.05) is 18.5 Å². The summed E-state index contributed by atoms with van der Waals surface area (Å²) in [6.07, 6.45) is 4.13. The fourth-order valence-corrected chi connectivity index (χ4v) is 3.23. The minimum absolute atomic E-state index is 0.156. The Morgan fingerprint density at radius 3 is 3.06 bits per heavy atom. The van der Waals surface area contributed by atoms with Crippen molar-refractivity contribution in [3.63, 3.8) is 0 Å². The highest BCUT2D eigenvalue weighted by molar-refractivity contribution is 7.15. The second-order valence-electron chi connectivity index (χ2n) is 4.45. The minimum atomic E-state index is -0.720. The molecule has 1 aliphatic carbocycles. The lowest BCUT2D eigenvalue weighted by molar-refractivity contribution is -0.137. The zero-order valence-electron chi connectivity index (χ0n) is 8.93. The molecule has 1 fully saturated rings. The van der Waals surface area contributed by atoms with Crippen LogP contribution in [0.1, 0.15) is 30.7 Å². The van der Waals surface area contributed by atoms with E-state index >= 15 is 0 Å². The molecule has 0 unspecified atom stereocenters. The monoisotopic (exact) mass is 236 g/mol. The molecule has 0 radical (unpaired) electrons. The number of nitrogens with zero attached hydrogens (tertiary/aromatic N) is 2. The average molecular weight is 236 g/mol. The van der Waals surface area contributed by atoms with Gasteiger partial charge in [-0.05, 0) is 19.8 Å². The number of aryl methyl sites for hydroxylation is 1. The van der Waals surface area contributed by atoms with E-state index in [-0.39, 0.29) is 11.8 Å². The Morgan fingerprint density at radius 1 is 1.69 bits per heavy atom. The van der Waals surface area contributed by atoms with Gasteiger partial charge in [-0.3, -0.25) is 9.20 Å². The Labute approximate surface area is 96.5 Å². The van der Waals surface area contributed by atoms with Crippen LogP contribution in [0.25, 0.3) is 4.96 Å². The Hall–Kier alpha value is -1.36. The number of rotatable bonds is 3. The molecule has 0 bridgehead atoms. The summed E-state index contributed by atoms with van der Waals surface area (Å²) in [4.78, 5) is 16.3. The number of carboxylic acids is 1. The van der Waals surface area contributed by atoms with E-state index in [1.54, 1.807) is 11.3 Å². The van der Waals surface area contributed by atoms with Crippen LogP contribution in [-0.2, 0) is 10.2 Å². The summed E-state index contributed by atoms with van der Waals surface area (Å²) in [6, 6.07) is 0. The van der Waals surface area contributed by atoms with Gasteiger partial charge in [0.1, 0.15) is 0 Å². The maximum absolute atomic E-state index is 10.9. The maximum atomic E-state index is 10.9. The molecule has 0 spiro atoms. The molecule has 0 aliphatic heterocycles. The first-order chi connectivity index (χ1) is 7.62. The van der Waals surface area contributed by atoms with Crippen molar-refractivity contribution in [3.8, 4) is 0 Å². The largest absolute Gasteiger partial charge is 0.481 e. The zero-order valence-corrected chi connectivity index (χ0v) is 9.75. The summed E-state index contributed by atoms with van der Waals surface area (Å²) in [5.41, 5.74) is 1.92. The molecule has 0 atom stereocenters. The highest BCUT2D eigenvalue weighted by Gasteiger charge is 2.49. The number of aliphatic carboxylic acids is 1. The average Bonchev–Trinajstić information content (AvgIpc) is 2.67. The number of carbonyl (C=O) groups is 1. The standard InChI is InChI=1S/C11H12N2O2S/c1-7-9(11(2-3-11)6-8(14)15)13-4-5-16-10(13)12-7/h4-5H,2-3,6H2,1H3,(H,14,15). The first-order valence-corrected chi connectivity index (χ1v) is 6.15. The van der Waals surface area contributed by atoms with Crippen LogP contribution in [0.5, 0.6) is 0 Å². The van der Waals surface area contributed by atoms with Gasteiger partial charge in [0.25, 0.3) is 0 Å². The number of hydrogen-bond acceptors (Lipinski definition) is 3. The van der Waals surface area contributed by atoms with Gasteiger partial charge in [0, 0.05) is 17.0 Å². The third-order valence-corrected chi connectivity index (χ3v) is 4.04. The summed E-state index contributed by atoms with van der Waals surface area (Å²) in [5, 5.41) is 11.0. The van der Waals surface area contributed by atoms with Gasteiger partial charge in [0.05, 0.1) is 17.8 Å². The Bertz CT molecular complexity index is 566. The van der Waals surface area contributed by atoms with Crippen molar-refractivity contribution in [1.82, 2.24) is 9.38 Å². The molecule has 0 amide bonds. The molecule has 2 aromatic rings. The smallest absolute Gasteiger partial charge is 0.304 e. The summed E-state index contributed by atoms with van der Waals surface area (Å²) in [7, 11) is 0. The van der Waals surface area contributed by atoms with Crippen molar-refractivity contribution < 1.29 is 9.90 Å². The van der Waals surface area contributed by atoms with Gasteiger partial charge in [0.2, 0.25) is 0 Å². The van der Waals surface area contributed by atoms with Crippen LogP contribution in [0.3, 0.4) is 0 Å². The van der Waals surface area contributed by atoms with E-state index < -0.39 is 5.97 Å². The fourth-order valence-electron chi connectivity index (χ4n) is 2.47. The van der Waals surface area contributed by atoms with Crippen molar-refractivity contribution in [2.24, 2.45) is 0 Å². The SMILES string of the molecule is Cc1nc2sccn2c1C1(CC(=O)O)CC1. The molecule has 1 saturated carbocycles. The van der Waals surface area contributed by atoms with Crippen molar-refractivity contribution in [2.45, 2.75) is 31.6 Å². The van der Waals surface area contributed by atoms with Crippen molar-refractivity contribution in [3.05, 3.63) is 23.0 Å². The number of fused-ring (bicyclic) bond motifs is 1. The predicted octanol–water partition coefficient (Wildman–Crippen LogP) is 2.21. The van der Waals surface area contributed by atoms with Crippen LogP contribution < -0.4 is 0 Å². The van der Waals surface area contributed by atoms with Gasteiger partial charge in [-0.25, -0.2) is 4.98 Å². The molecule has 0 saturated heterocycles. The molecular weight excluding hydrogens is 224 g/mol. The van der Waals surface area contributed by atoms with Gasteiger partial charge >= 0.3 is 5.97 Å². The number of aromatic nitrogens is 2. The van der Waals surface area contributed by atoms with Crippen LogP contribution in [0, 0.1) is 6.92 Å². The van der Waals surface area contributed by atoms with Gasteiger partial charge in [-0.1, -0.05) is 0 Å². The van der Waals surface area contributed by atoms with Gasteiger partial charge in [-0.15, -0.1) is 11.3 Å². The quantitative estimate of drug-likeness (QED) is 0.889. The normalized spacial score (nSPS) is 17.8. The fraction of sp³-hybridized carbons (Fsp3) is 0.455. The summed E-state index contributed by atoms with van der Waals surface area (Å²) < 4.78 is 2.05. The number of carboxylic acid groups (broad SMARTS) is 1. The van der Waals surface area contributed by atoms with Crippen molar-refractivity contribution in [1.29, 1.82) is 0 Å². The number of hydrogen-bond donors (Lipinski definition) is 1. The summed E-state index contributed by atoms with van der Waals surface area (Å²) >= 11 is 1.59. The minimum Gasteiger partial charge on any atom is -0.481 e. The Balaban J connectivity index is 2.14. The summed E-state index contributed by atoms with van der Waals surface area (Å²) in [6.45, 7) is 1.97. The highest BCUT2D eigenvalue weighted by Crippen LogP contribution is 2.52. The second kappa shape index (κ2) is 3.07. The number of thiazole rings is 1. The van der Waals surface area contributed by atoms with Crippen LogP contribution in [0.2, 0.25) is 0 Å². The van der Waals surface area contributed by atoms with E-state index in [2.05, 4.69) is 9.38 Å². The van der Waals surface area contributed by atoms with Gasteiger partial charge in [0.15, 0.2) is 4.96 Å². The molecule has 5 heteroatoms.